The molecule has 100 valence electrons. The first-order chi connectivity index (χ1) is 9.16. The molecule has 0 radical (unpaired) electrons. The van der Waals surface area contributed by atoms with Crippen LogP contribution in [0.5, 0.6) is 0 Å². The van der Waals surface area contributed by atoms with E-state index in [0.717, 1.165) is 18.4 Å². The van der Waals surface area contributed by atoms with Crippen LogP contribution in [-0.4, -0.2) is 51.0 Å². The molecule has 1 unspecified atom stereocenters. The van der Waals surface area contributed by atoms with E-state index in [-0.39, 0.29) is 11.9 Å². The lowest BCUT2D eigenvalue weighted by Gasteiger charge is -2.36. The molecule has 0 aromatic carbocycles. The highest BCUT2D eigenvalue weighted by Crippen LogP contribution is 2.27. The van der Waals surface area contributed by atoms with Crippen molar-refractivity contribution in [3.8, 4) is 0 Å². The molecule has 2 aliphatic heterocycles. The Balaban J connectivity index is 1.78. The summed E-state index contributed by atoms with van der Waals surface area (Å²) in [5, 5.41) is 9.05. The summed E-state index contributed by atoms with van der Waals surface area (Å²) in [6.45, 7) is 1.53. The number of rotatable bonds is 1. The number of nitrogens with zero attached hydrogens (tertiary/aromatic N) is 3. The maximum Gasteiger partial charge on any atom is 0.407 e. The fourth-order valence-electron chi connectivity index (χ4n) is 2.84. The Bertz CT molecular complexity index is 532. The first kappa shape index (κ1) is 12.0. The summed E-state index contributed by atoms with van der Waals surface area (Å²) < 4.78 is 0. The summed E-state index contributed by atoms with van der Waals surface area (Å²) >= 11 is 0. The van der Waals surface area contributed by atoms with E-state index in [1.54, 1.807) is 17.3 Å². The number of carbonyl (C=O) groups excluding carboxylic acids is 1. The van der Waals surface area contributed by atoms with Gasteiger partial charge in [-0.3, -0.25) is 9.78 Å². The Morgan fingerprint density at radius 2 is 2.32 bits per heavy atom. The third-order valence-corrected chi connectivity index (χ3v) is 3.85. The molecule has 0 bridgehead atoms. The number of hydrogen-bond donors (Lipinski definition) is 1. The Kier molecular flexibility index (Phi) is 2.85. The van der Waals surface area contributed by atoms with Gasteiger partial charge in [0.2, 0.25) is 0 Å². The lowest BCUT2D eigenvalue weighted by Crippen LogP contribution is -2.49. The second-order valence-electron chi connectivity index (χ2n) is 4.99. The van der Waals surface area contributed by atoms with Crippen LogP contribution >= 0.6 is 0 Å². The van der Waals surface area contributed by atoms with Crippen LogP contribution in [0.4, 0.5) is 4.79 Å². The molecule has 3 heterocycles. The van der Waals surface area contributed by atoms with E-state index in [1.165, 1.54) is 4.90 Å². The van der Waals surface area contributed by atoms with Crippen LogP contribution in [0.15, 0.2) is 18.5 Å². The number of piperidine rings is 1. The highest BCUT2D eigenvalue weighted by atomic mass is 16.4. The zero-order valence-corrected chi connectivity index (χ0v) is 10.5. The van der Waals surface area contributed by atoms with Gasteiger partial charge in [0.05, 0.1) is 11.6 Å². The number of hydrogen-bond acceptors (Lipinski definition) is 3. The van der Waals surface area contributed by atoms with Gasteiger partial charge in [0.25, 0.3) is 5.91 Å². The number of likely N-dealkylation sites (tertiary alicyclic amines) is 1. The summed E-state index contributed by atoms with van der Waals surface area (Å²) in [7, 11) is 0. The molecule has 1 saturated heterocycles. The Hall–Kier alpha value is -2.11. The largest absolute Gasteiger partial charge is 0.465 e. The number of pyridine rings is 1. The molecular weight excluding hydrogens is 246 g/mol. The maximum absolute atomic E-state index is 12.3. The average Bonchev–Trinajstić information content (AvgIpc) is 2.77. The van der Waals surface area contributed by atoms with Crippen molar-refractivity contribution in [1.29, 1.82) is 0 Å². The number of amides is 2. The van der Waals surface area contributed by atoms with E-state index in [4.69, 9.17) is 5.11 Å². The van der Waals surface area contributed by atoms with Gasteiger partial charge in [0, 0.05) is 32.0 Å². The fraction of sp³-hybridized carbons (Fsp3) is 0.462. The van der Waals surface area contributed by atoms with Crippen molar-refractivity contribution in [3.05, 3.63) is 29.6 Å². The minimum absolute atomic E-state index is 0.0234. The smallest absolute Gasteiger partial charge is 0.407 e. The van der Waals surface area contributed by atoms with Crippen LogP contribution in [0.2, 0.25) is 0 Å². The van der Waals surface area contributed by atoms with Gasteiger partial charge < -0.3 is 14.9 Å². The number of aromatic nitrogens is 1. The Morgan fingerprint density at radius 3 is 3.05 bits per heavy atom. The van der Waals surface area contributed by atoms with Crippen LogP contribution in [-0.2, 0) is 6.54 Å². The predicted molar refractivity (Wildman–Crippen MR) is 66.7 cm³/mol. The standard InChI is InChI=1S/C13H15N3O3/c17-12-11-6-14-4-3-9(11)7-16(12)10-2-1-5-15(8-10)13(18)19/h3-4,6,10H,1-2,5,7-8H2,(H,18,19). The third kappa shape index (κ3) is 2.03. The molecule has 1 aromatic heterocycles. The van der Waals surface area contributed by atoms with Gasteiger partial charge in [-0.05, 0) is 24.5 Å². The first-order valence-electron chi connectivity index (χ1n) is 6.38. The van der Waals surface area contributed by atoms with Gasteiger partial charge in [0.15, 0.2) is 0 Å². The van der Waals surface area contributed by atoms with Crippen LogP contribution in [0.25, 0.3) is 0 Å². The van der Waals surface area contributed by atoms with Crippen molar-refractivity contribution in [1.82, 2.24) is 14.8 Å². The Labute approximate surface area is 110 Å². The van der Waals surface area contributed by atoms with Gasteiger partial charge in [0.1, 0.15) is 0 Å². The lowest BCUT2D eigenvalue weighted by molar-refractivity contribution is 0.0559. The molecule has 2 amide bonds. The topological polar surface area (TPSA) is 73.7 Å². The second kappa shape index (κ2) is 4.53. The molecule has 1 atom stereocenters. The molecule has 1 fully saturated rings. The maximum atomic E-state index is 12.3. The summed E-state index contributed by atoms with van der Waals surface area (Å²) in [6, 6.07) is 1.83. The quantitative estimate of drug-likeness (QED) is 0.823. The summed E-state index contributed by atoms with van der Waals surface area (Å²) in [6.07, 6.45) is 4.03. The summed E-state index contributed by atoms with van der Waals surface area (Å²) in [5.41, 5.74) is 1.63. The second-order valence-corrected chi connectivity index (χ2v) is 4.99. The minimum atomic E-state index is -0.907. The number of carbonyl (C=O) groups is 2. The third-order valence-electron chi connectivity index (χ3n) is 3.85. The van der Waals surface area contributed by atoms with E-state index in [1.807, 2.05) is 6.07 Å². The molecular formula is C13H15N3O3. The molecule has 0 aliphatic carbocycles. The molecule has 0 spiro atoms. The highest BCUT2D eigenvalue weighted by Gasteiger charge is 2.35. The first-order valence-corrected chi connectivity index (χ1v) is 6.38. The van der Waals surface area contributed by atoms with Crippen molar-refractivity contribution in [2.75, 3.05) is 13.1 Å². The zero-order chi connectivity index (χ0) is 13.4. The van der Waals surface area contributed by atoms with Crippen molar-refractivity contribution in [2.24, 2.45) is 0 Å². The van der Waals surface area contributed by atoms with Crippen molar-refractivity contribution in [3.63, 3.8) is 0 Å². The van der Waals surface area contributed by atoms with Crippen LogP contribution in [0.1, 0.15) is 28.8 Å². The predicted octanol–water partition coefficient (Wildman–Crippen LogP) is 1.18. The monoisotopic (exact) mass is 261 g/mol. The minimum Gasteiger partial charge on any atom is -0.465 e. The van der Waals surface area contributed by atoms with E-state index < -0.39 is 6.09 Å². The molecule has 19 heavy (non-hydrogen) atoms. The van der Waals surface area contributed by atoms with E-state index >= 15 is 0 Å². The highest BCUT2D eigenvalue weighted by molar-refractivity contribution is 5.98. The molecule has 0 saturated carbocycles. The molecule has 1 N–H and O–H groups in total. The summed E-state index contributed by atoms with van der Waals surface area (Å²) in [4.78, 5) is 30.5. The zero-order valence-electron chi connectivity index (χ0n) is 10.5. The normalized spacial score (nSPS) is 22.5. The Morgan fingerprint density at radius 1 is 1.47 bits per heavy atom. The lowest BCUT2D eigenvalue weighted by atomic mass is 10.0. The van der Waals surface area contributed by atoms with Crippen molar-refractivity contribution < 1.29 is 14.7 Å². The van der Waals surface area contributed by atoms with Gasteiger partial charge in [-0.1, -0.05) is 0 Å². The average molecular weight is 261 g/mol. The molecule has 3 rings (SSSR count). The van der Waals surface area contributed by atoms with Crippen molar-refractivity contribution >= 4 is 12.0 Å². The SMILES string of the molecule is O=C(O)N1CCCC(N2Cc3ccncc3C2=O)C1. The van der Waals surface area contributed by atoms with Gasteiger partial charge in [-0.25, -0.2) is 4.79 Å². The van der Waals surface area contributed by atoms with Gasteiger partial charge in [-0.15, -0.1) is 0 Å². The summed E-state index contributed by atoms with van der Waals surface area (Å²) in [5.74, 6) is -0.0275. The van der Waals surface area contributed by atoms with Gasteiger partial charge in [-0.2, -0.15) is 0 Å². The molecule has 1 aromatic rings. The van der Waals surface area contributed by atoms with E-state index in [2.05, 4.69) is 4.98 Å². The van der Waals surface area contributed by atoms with Gasteiger partial charge >= 0.3 is 6.09 Å². The fourth-order valence-corrected chi connectivity index (χ4v) is 2.84. The number of carboxylic acid groups (broad SMARTS) is 1. The van der Waals surface area contributed by atoms with E-state index in [9.17, 15) is 9.59 Å². The number of fused-ring (bicyclic) bond motifs is 1. The molecule has 6 heteroatoms. The van der Waals surface area contributed by atoms with Crippen LogP contribution in [0, 0.1) is 0 Å². The van der Waals surface area contributed by atoms with Crippen molar-refractivity contribution in [2.45, 2.75) is 25.4 Å². The molecule has 2 aliphatic rings. The van der Waals surface area contributed by atoms with Crippen LogP contribution < -0.4 is 0 Å². The van der Waals surface area contributed by atoms with E-state index in [0.29, 0.717) is 25.2 Å². The van der Waals surface area contributed by atoms with Crippen LogP contribution in [0.3, 0.4) is 0 Å². The molecule has 6 nitrogen and oxygen atoms in total.